The van der Waals surface area contributed by atoms with E-state index < -0.39 is 0 Å². The normalized spacial score (nSPS) is 10.5. The highest BCUT2D eigenvalue weighted by Gasteiger charge is 2.12. The predicted molar refractivity (Wildman–Crippen MR) is 105 cm³/mol. The van der Waals surface area contributed by atoms with Gasteiger partial charge in [0.1, 0.15) is 11.5 Å². The van der Waals surface area contributed by atoms with Crippen molar-refractivity contribution in [2.45, 2.75) is 13.5 Å². The first-order valence-electron chi connectivity index (χ1n) is 8.59. The second kappa shape index (κ2) is 10.1. The van der Waals surface area contributed by atoms with Gasteiger partial charge in [-0.05, 0) is 36.8 Å². The molecule has 0 atom stereocenters. The predicted octanol–water partition coefficient (Wildman–Crippen LogP) is 3.44. The largest absolute Gasteiger partial charge is 0.496 e. The summed E-state index contributed by atoms with van der Waals surface area (Å²) in [6, 6.07) is 11.0. The third kappa shape index (κ3) is 5.67. The third-order valence-electron chi connectivity index (χ3n) is 3.86. The molecular weight excluding hydrogens is 346 g/mol. The molecule has 0 spiro atoms. The van der Waals surface area contributed by atoms with Crippen LogP contribution in [0.3, 0.4) is 0 Å². The lowest BCUT2D eigenvalue weighted by Gasteiger charge is -2.14. The van der Waals surface area contributed by atoms with E-state index in [-0.39, 0.29) is 5.91 Å². The molecule has 0 aliphatic rings. The zero-order valence-electron chi connectivity index (χ0n) is 16.1. The minimum atomic E-state index is -0.208. The summed E-state index contributed by atoms with van der Waals surface area (Å²) >= 11 is 0. The van der Waals surface area contributed by atoms with Gasteiger partial charge in [0.25, 0.3) is 0 Å². The van der Waals surface area contributed by atoms with Crippen LogP contribution in [0.1, 0.15) is 18.1 Å². The Morgan fingerprint density at radius 1 is 0.963 bits per heavy atom. The highest BCUT2D eigenvalue weighted by atomic mass is 16.5. The smallest absolute Gasteiger partial charge is 0.244 e. The highest BCUT2D eigenvalue weighted by Crippen LogP contribution is 2.34. The lowest BCUT2D eigenvalue weighted by molar-refractivity contribution is -0.116. The molecule has 1 amide bonds. The van der Waals surface area contributed by atoms with Gasteiger partial charge >= 0.3 is 0 Å². The minimum Gasteiger partial charge on any atom is -0.496 e. The van der Waals surface area contributed by atoms with E-state index in [0.717, 1.165) is 16.9 Å². The first kappa shape index (κ1) is 20.2. The summed E-state index contributed by atoms with van der Waals surface area (Å²) in [5.41, 5.74) is 1.70. The molecular formula is C21H25NO5. The molecule has 0 aromatic heterocycles. The lowest BCUT2D eigenvalue weighted by Crippen LogP contribution is -2.20. The van der Waals surface area contributed by atoms with Gasteiger partial charge < -0.3 is 24.3 Å². The molecule has 1 N–H and O–H groups in total. The number of benzene rings is 2. The first-order chi connectivity index (χ1) is 13.1. The molecule has 0 saturated heterocycles. The summed E-state index contributed by atoms with van der Waals surface area (Å²) < 4.78 is 21.3. The van der Waals surface area contributed by atoms with Gasteiger partial charge in [-0.1, -0.05) is 12.1 Å². The van der Waals surface area contributed by atoms with E-state index in [1.807, 2.05) is 31.2 Å². The van der Waals surface area contributed by atoms with Crippen LogP contribution in [0, 0.1) is 0 Å². The number of carbonyl (C=O) groups excluding carboxylic acids is 1. The van der Waals surface area contributed by atoms with Gasteiger partial charge in [-0.25, -0.2) is 0 Å². The molecule has 0 fully saturated rings. The van der Waals surface area contributed by atoms with Gasteiger partial charge in [0.2, 0.25) is 5.91 Å². The number of amides is 1. The Hall–Kier alpha value is -3.15. The van der Waals surface area contributed by atoms with Crippen LogP contribution in [0.4, 0.5) is 0 Å². The zero-order chi connectivity index (χ0) is 19.6. The molecule has 0 radical (unpaired) electrons. The van der Waals surface area contributed by atoms with Gasteiger partial charge in [-0.3, -0.25) is 4.79 Å². The number of methoxy groups -OCH3 is 3. The Bertz CT molecular complexity index is 784. The molecule has 0 saturated carbocycles. The van der Waals surface area contributed by atoms with Crippen LogP contribution < -0.4 is 24.3 Å². The SMILES string of the molecule is CCOc1ccc(/C=C/C(=O)NCc2cc(OC)c(OC)cc2OC)cc1. The monoisotopic (exact) mass is 371 g/mol. The van der Waals surface area contributed by atoms with Gasteiger partial charge in [0.05, 0.1) is 27.9 Å². The number of nitrogens with one attached hydrogen (secondary N) is 1. The third-order valence-corrected chi connectivity index (χ3v) is 3.86. The van der Waals surface area contributed by atoms with Gasteiger partial charge in [0, 0.05) is 24.3 Å². The number of hydrogen-bond donors (Lipinski definition) is 1. The Kier molecular flexibility index (Phi) is 7.55. The van der Waals surface area contributed by atoms with Crippen molar-refractivity contribution in [1.29, 1.82) is 0 Å². The molecule has 0 bridgehead atoms. The summed E-state index contributed by atoms with van der Waals surface area (Å²) in [7, 11) is 4.69. The van der Waals surface area contributed by atoms with Crippen molar-refractivity contribution in [1.82, 2.24) is 5.32 Å². The summed E-state index contributed by atoms with van der Waals surface area (Å²) in [6.07, 6.45) is 3.24. The molecule has 0 heterocycles. The maximum Gasteiger partial charge on any atom is 0.244 e. The molecule has 2 aromatic carbocycles. The van der Waals surface area contributed by atoms with E-state index in [2.05, 4.69) is 5.32 Å². The van der Waals surface area contributed by atoms with Crippen LogP contribution in [-0.2, 0) is 11.3 Å². The molecule has 6 nitrogen and oxygen atoms in total. The highest BCUT2D eigenvalue weighted by molar-refractivity contribution is 5.91. The van der Waals surface area contributed by atoms with E-state index in [9.17, 15) is 4.79 Å². The number of carbonyl (C=O) groups is 1. The molecule has 6 heteroatoms. The second-order valence-corrected chi connectivity index (χ2v) is 5.57. The van der Waals surface area contributed by atoms with E-state index in [4.69, 9.17) is 18.9 Å². The van der Waals surface area contributed by atoms with Crippen molar-refractivity contribution in [3.05, 3.63) is 53.6 Å². The topological polar surface area (TPSA) is 66.0 Å². The fraction of sp³-hybridized carbons (Fsp3) is 0.286. The van der Waals surface area contributed by atoms with Crippen molar-refractivity contribution in [3.63, 3.8) is 0 Å². The minimum absolute atomic E-state index is 0.208. The summed E-state index contributed by atoms with van der Waals surface area (Å²) in [6.45, 7) is 2.86. The van der Waals surface area contributed by atoms with Gasteiger partial charge in [-0.15, -0.1) is 0 Å². The van der Waals surface area contributed by atoms with Crippen molar-refractivity contribution in [2.24, 2.45) is 0 Å². The first-order valence-corrected chi connectivity index (χ1v) is 8.59. The summed E-state index contributed by atoms with van der Waals surface area (Å²) in [5.74, 6) is 2.36. The molecule has 0 unspecified atom stereocenters. The van der Waals surface area contributed by atoms with Gasteiger partial charge in [0.15, 0.2) is 11.5 Å². The number of hydrogen-bond acceptors (Lipinski definition) is 5. The average Bonchev–Trinajstić information content (AvgIpc) is 2.71. The maximum atomic E-state index is 12.1. The Labute approximate surface area is 159 Å². The average molecular weight is 371 g/mol. The van der Waals surface area contributed by atoms with Crippen molar-refractivity contribution in [3.8, 4) is 23.0 Å². The summed E-state index contributed by atoms with van der Waals surface area (Å²) in [5, 5.41) is 2.84. The fourth-order valence-corrected chi connectivity index (χ4v) is 2.49. The Balaban J connectivity index is 2.00. The van der Waals surface area contributed by atoms with Crippen LogP contribution in [0.2, 0.25) is 0 Å². The van der Waals surface area contributed by atoms with Gasteiger partial charge in [-0.2, -0.15) is 0 Å². The molecule has 0 aliphatic heterocycles. The number of rotatable bonds is 9. The lowest BCUT2D eigenvalue weighted by atomic mass is 10.1. The molecule has 27 heavy (non-hydrogen) atoms. The number of ether oxygens (including phenoxy) is 4. The van der Waals surface area contributed by atoms with E-state index in [1.54, 1.807) is 39.5 Å². The van der Waals surface area contributed by atoms with Crippen LogP contribution in [0.15, 0.2) is 42.5 Å². The van der Waals surface area contributed by atoms with Crippen LogP contribution >= 0.6 is 0 Å². The second-order valence-electron chi connectivity index (χ2n) is 5.57. The van der Waals surface area contributed by atoms with Crippen molar-refractivity contribution in [2.75, 3.05) is 27.9 Å². The molecule has 2 aromatic rings. The van der Waals surface area contributed by atoms with Crippen LogP contribution in [0.25, 0.3) is 6.08 Å². The van der Waals surface area contributed by atoms with Crippen molar-refractivity contribution < 1.29 is 23.7 Å². The molecule has 2 rings (SSSR count). The standard InChI is InChI=1S/C21H25NO5/c1-5-27-17-9-6-15(7-10-17)8-11-21(23)22-14-16-12-19(25-3)20(26-4)13-18(16)24-2/h6-13H,5,14H2,1-4H3,(H,22,23)/b11-8+. The van der Waals surface area contributed by atoms with E-state index in [0.29, 0.717) is 30.4 Å². The van der Waals surface area contributed by atoms with Crippen LogP contribution in [0.5, 0.6) is 23.0 Å². The zero-order valence-corrected chi connectivity index (χ0v) is 16.1. The Morgan fingerprint density at radius 2 is 1.59 bits per heavy atom. The Morgan fingerprint density at radius 3 is 2.19 bits per heavy atom. The van der Waals surface area contributed by atoms with E-state index in [1.165, 1.54) is 6.08 Å². The van der Waals surface area contributed by atoms with Crippen molar-refractivity contribution >= 4 is 12.0 Å². The quantitative estimate of drug-likeness (QED) is 0.684. The molecule has 0 aliphatic carbocycles. The van der Waals surface area contributed by atoms with E-state index >= 15 is 0 Å². The van der Waals surface area contributed by atoms with Crippen LogP contribution in [-0.4, -0.2) is 33.8 Å². The maximum absolute atomic E-state index is 12.1. The summed E-state index contributed by atoms with van der Waals surface area (Å²) in [4.78, 5) is 12.1. The molecule has 144 valence electrons. The fourth-order valence-electron chi connectivity index (χ4n) is 2.49.